The zero-order valence-electron chi connectivity index (χ0n) is 12.7. The third-order valence-electron chi connectivity index (χ3n) is 4.29. The van der Waals surface area contributed by atoms with Crippen LogP contribution in [0.3, 0.4) is 0 Å². The van der Waals surface area contributed by atoms with Crippen LogP contribution >= 0.6 is 0 Å². The SMILES string of the molecule is O=C(CCn1cncn1)N(Cc1ccoc1)C1CCCCC1. The number of aromatic nitrogens is 3. The van der Waals surface area contributed by atoms with Crippen LogP contribution in [-0.2, 0) is 17.9 Å². The summed E-state index contributed by atoms with van der Waals surface area (Å²) < 4.78 is 6.84. The molecular formula is C16H22N4O2. The molecule has 1 saturated carbocycles. The van der Waals surface area contributed by atoms with Gasteiger partial charge in [0.2, 0.25) is 5.91 Å². The summed E-state index contributed by atoms with van der Waals surface area (Å²) in [5.41, 5.74) is 1.06. The van der Waals surface area contributed by atoms with Gasteiger partial charge in [-0.1, -0.05) is 19.3 Å². The highest BCUT2D eigenvalue weighted by Crippen LogP contribution is 2.25. The van der Waals surface area contributed by atoms with Crippen molar-refractivity contribution in [1.29, 1.82) is 0 Å². The monoisotopic (exact) mass is 302 g/mol. The van der Waals surface area contributed by atoms with E-state index in [2.05, 4.69) is 10.1 Å². The van der Waals surface area contributed by atoms with Gasteiger partial charge in [0.1, 0.15) is 12.7 Å². The van der Waals surface area contributed by atoms with Crippen LogP contribution in [-0.4, -0.2) is 31.6 Å². The number of amides is 1. The summed E-state index contributed by atoms with van der Waals surface area (Å²) in [6.45, 7) is 1.21. The van der Waals surface area contributed by atoms with Crippen molar-refractivity contribution in [2.75, 3.05) is 0 Å². The molecule has 0 spiro atoms. The van der Waals surface area contributed by atoms with E-state index in [1.54, 1.807) is 23.5 Å². The van der Waals surface area contributed by atoms with E-state index in [1.165, 1.54) is 25.6 Å². The summed E-state index contributed by atoms with van der Waals surface area (Å²) in [5.74, 6) is 0.184. The minimum absolute atomic E-state index is 0.184. The minimum atomic E-state index is 0.184. The average Bonchev–Trinajstić information content (AvgIpc) is 3.24. The molecule has 2 aromatic heterocycles. The fourth-order valence-corrected chi connectivity index (χ4v) is 3.09. The molecule has 1 aliphatic carbocycles. The van der Waals surface area contributed by atoms with Gasteiger partial charge in [-0.15, -0.1) is 0 Å². The third-order valence-corrected chi connectivity index (χ3v) is 4.29. The number of hydrogen-bond donors (Lipinski definition) is 0. The molecule has 0 N–H and O–H groups in total. The summed E-state index contributed by atoms with van der Waals surface area (Å²) in [4.78, 5) is 18.6. The van der Waals surface area contributed by atoms with Gasteiger partial charge in [0, 0.05) is 24.6 Å². The fraction of sp³-hybridized carbons (Fsp3) is 0.562. The maximum atomic E-state index is 12.7. The van der Waals surface area contributed by atoms with Crippen molar-refractivity contribution in [3.05, 3.63) is 36.8 Å². The van der Waals surface area contributed by atoms with Gasteiger partial charge in [-0.2, -0.15) is 5.10 Å². The molecule has 6 nitrogen and oxygen atoms in total. The maximum Gasteiger partial charge on any atom is 0.224 e. The predicted octanol–water partition coefficient (Wildman–Crippen LogP) is 2.62. The van der Waals surface area contributed by atoms with E-state index >= 15 is 0 Å². The first-order valence-corrected chi connectivity index (χ1v) is 7.96. The lowest BCUT2D eigenvalue weighted by atomic mass is 9.93. The Morgan fingerprint density at radius 2 is 2.23 bits per heavy atom. The quantitative estimate of drug-likeness (QED) is 0.823. The Morgan fingerprint density at radius 3 is 2.91 bits per heavy atom. The zero-order chi connectivity index (χ0) is 15.2. The van der Waals surface area contributed by atoms with Gasteiger partial charge < -0.3 is 9.32 Å². The number of aryl methyl sites for hydroxylation is 1. The second-order valence-electron chi connectivity index (χ2n) is 5.85. The third kappa shape index (κ3) is 3.75. The van der Waals surface area contributed by atoms with Crippen LogP contribution in [0.5, 0.6) is 0 Å². The van der Waals surface area contributed by atoms with Gasteiger partial charge in [-0.3, -0.25) is 9.48 Å². The molecule has 22 heavy (non-hydrogen) atoms. The molecule has 0 aliphatic heterocycles. The Balaban J connectivity index is 1.64. The molecule has 118 valence electrons. The molecule has 0 atom stereocenters. The number of furan rings is 1. The lowest BCUT2D eigenvalue weighted by Crippen LogP contribution is -2.41. The van der Waals surface area contributed by atoms with E-state index in [0.29, 0.717) is 25.6 Å². The van der Waals surface area contributed by atoms with Crippen LogP contribution in [0.15, 0.2) is 35.7 Å². The van der Waals surface area contributed by atoms with Crippen molar-refractivity contribution >= 4 is 5.91 Å². The highest BCUT2D eigenvalue weighted by molar-refractivity contribution is 5.76. The van der Waals surface area contributed by atoms with Gasteiger partial charge in [-0.25, -0.2) is 4.98 Å². The van der Waals surface area contributed by atoms with Crippen LogP contribution in [0.25, 0.3) is 0 Å². The largest absolute Gasteiger partial charge is 0.472 e. The van der Waals surface area contributed by atoms with Crippen LogP contribution < -0.4 is 0 Å². The summed E-state index contributed by atoms with van der Waals surface area (Å²) in [6.07, 6.45) is 12.9. The van der Waals surface area contributed by atoms with Gasteiger partial charge in [0.05, 0.1) is 19.1 Å². The molecular weight excluding hydrogens is 280 g/mol. The summed E-state index contributed by atoms with van der Waals surface area (Å²) in [7, 11) is 0. The van der Waals surface area contributed by atoms with E-state index in [4.69, 9.17) is 4.42 Å². The molecule has 0 bridgehead atoms. The molecule has 0 aromatic carbocycles. The van der Waals surface area contributed by atoms with Crippen molar-refractivity contribution in [3.63, 3.8) is 0 Å². The Labute approximate surface area is 130 Å². The van der Waals surface area contributed by atoms with Crippen LogP contribution in [0.2, 0.25) is 0 Å². The molecule has 3 rings (SSSR count). The average molecular weight is 302 g/mol. The second-order valence-corrected chi connectivity index (χ2v) is 5.85. The van der Waals surface area contributed by atoms with Crippen molar-refractivity contribution in [3.8, 4) is 0 Å². The number of hydrogen-bond acceptors (Lipinski definition) is 4. The molecule has 6 heteroatoms. The molecule has 0 saturated heterocycles. The minimum Gasteiger partial charge on any atom is -0.472 e. The summed E-state index contributed by atoms with van der Waals surface area (Å²) in [5, 5.41) is 4.06. The Bertz CT molecular complexity index is 559. The Kier molecular flexibility index (Phi) is 4.88. The highest BCUT2D eigenvalue weighted by atomic mass is 16.3. The van der Waals surface area contributed by atoms with Crippen LogP contribution in [0.1, 0.15) is 44.1 Å². The molecule has 2 heterocycles. The second kappa shape index (κ2) is 7.24. The van der Waals surface area contributed by atoms with Crippen molar-refractivity contribution in [2.24, 2.45) is 0 Å². The maximum absolute atomic E-state index is 12.7. The summed E-state index contributed by atoms with van der Waals surface area (Å²) >= 11 is 0. The van der Waals surface area contributed by atoms with Gasteiger partial charge in [-0.05, 0) is 18.9 Å². The fourth-order valence-electron chi connectivity index (χ4n) is 3.09. The highest BCUT2D eigenvalue weighted by Gasteiger charge is 2.25. The van der Waals surface area contributed by atoms with E-state index in [1.807, 2.05) is 11.0 Å². The first kappa shape index (κ1) is 14.8. The Hall–Kier alpha value is -2.11. The first-order valence-electron chi connectivity index (χ1n) is 7.96. The number of nitrogens with zero attached hydrogens (tertiary/aromatic N) is 4. The van der Waals surface area contributed by atoms with Crippen molar-refractivity contribution in [2.45, 2.75) is 57.7 Å². The lowest BCUT2D eigenvalue weighted by molar-refractivity contribution is -0.135. The van der Waals surface area contributed by atoms with Gasteiger partial charge in [0.25, 0.3) is 0 Å². The number of carbonyl (C=O) groups is 1. The predicted molar refractivity (Wildman–Crippen MR) is 80.8 cm³/mol. The van der Waals surface area contributed by atoms with E-state index in [9.17, 15) is 4.79 Å². The van der Waals surface area contributed by atoms with Gasteiger partial charge in [0.15, 0.2) is 0 Å². The standard InChI is InChI=1S/C16H22N4O2/c21-16(6-8-19-13-17-12-18-19)20(10-14-7-9-22-11-14)15-4-2-1-3-5-15/h7,9,11-13,15H,1-6,8,10H2. The van der Waals surface area contributed by atoms with Crippen molar-refractivity contribution < 1.29 is 9.21 Å². The molecule has 2 aromatic rings. The molecule has 1 aliphatic rings. The molecule has 1 amide bonds. The van der Waals surface area contributed by atoms with Crippen LogP contribution in [0.4, 0.5) is 0 Å². The molecule has 1 fully saturated rings. The Morgan fingerprint density at radius 1 is 1.36 bits per heavy atom. The lowest BCUT2D eigenvalue weighted by Gasteiger charge is -2.34. The number of rotatable bonds is 6. The van der Waals surface area contributed by atoms with Crippen LogP contribution in [0, 0.1) is 0 Å². The number of carbonyl (C=O) groups excluding carboxylic acids is 1. The van der Waals surface area contributed by atoms with E-state index in [0.717, 1.165) is 18.4 Å². The molecule has 0 radical (unpaired) electrons. The molecule has 0 unspecified atom stereocenters. The zero-order valence-corrected chi connectivity index (χ0v) is 12.7. The van der Waals surface area contributed by atoms with Crippen molar-refractivity contribution in [1.82, 2.24) is 19.7 Å². The summed E-state index contributed by atoms with van der Waals surface area (Å²) in [6, 6.07) is 2.28. The first-order chi connectivity index (χ1) is 10.8. The smallest absolute Gasteiger partial charge is 0.224 e. The topological polar surface area (TPSA) is 64.2 Å². The van der Waals surface area contributed by atoms with E-state index in [-0.39, 0.29) is 5.91 Å². The normalized spacial score (nSPS) is 15.8. The van der Waals surface area contributed by atoms with E-state index < -0.39 is 0 Å². The van der Waals surface area contributed by atoms with Gasteiger partial charge >= 0.3 is 0 Å².